The molecule has 0 aromatic carbocycles. The van der Waals surface area contributed by atoms with Gasteiger partial charge < -0.3 is 5.11 Å². The van der Waals surface area contributed by atoms with E-state index in [0.29, 0.717) is 12.2 Å². The first kappa shape index (κ1) is 19.3. The topological polar surface area (TPSA) is 79.2 Å². The smallest absolute Gasteiger partial charge is 0.141 e. The molecule has 1 aliphatic heterocycles. The van der Waals surface area contributed by atoms with E-state index < -0.39 is 0 Å². The number of hydrogen-bond donors (Lipinski definition) is 1. The minimum atomic E-state index is -0.159. The third-order valence-corrected chi connectivity index (χ3v) is 6.10. The molecule has 0 bridgehead atoms. The molecule has 6 heteroatoms. The molecular formula is C24H26N4O2. The Bertz CT molecular complexity index is 1070. The molecule has 1 N–H and O–H groups in total. The first-order valence-corrected chi connectivity index (χ1v) is 10.8. The van der Waals surface area contributed by atoms with Gasteiger partial charge in [0.05, 0.1) is 17.8 Å². The molecule has 1 saturated carbocycles. The monoisotopic (exact) mass is 402 g/mol. The van der Waals surface area contributed by atoms with Gasteiger partial charge in [-0.2, -0.15) is 0 Å². The number of nitrogens with zero attached hydrogens (tertiary/aromatic N) is 4. The van der Waals surface area contributed by atoms with Gasteiger partial charge in [0.25, 0.3) is 0 Å². The molecule has 0 spiro atoms. The number of aromatic nitrogens is 3. The van der Waals surface area contributed by atoms with Crippen LogP contribution in [0.4, 0.5) is 0 Å². The molecule has 0 atom stereocenters. The quantitative estimate of drug-likeness (QED) is 0.682. The van der Waals surface area contributed by atoms with E-state index in [0.717, 1.165) is 78.6 Å². The fourth-order valence-corrected chi connectivity index (χ4v) is 4.13. The number of likely N-dealkylation sites (tertiary alicyclic amines) is 1. The van der Waals surface area contributed by atoms with Crippen LogP contribution in [0.5, 0.6) is 0 Å². The molecule has 30 heavy (non-hydrogen) atoms. The van der Waals surface area contributed by atoms with Crippen molar-refractivity contribution in [2.75, 3.05) is 13.1 Å². The summed E-state index contributed by atoms with van der Waals surface area (Å²) in [6.07, 6.45) is 11.4. The normalized spacial score (nSPS) is 18.0. The number of hydrogen-bond acceptors (Lipinski definition) is 6. The molecular weight excluding hydrogens is 376 g/mol. The average Bonchev–Trinajstić information content (AvgIpc) is 3.61. The van der Waals surface area contributed by atoms with Crippen molar-refractivity contribution in [1.29, 1.82) is 0 Å². The molecule has 2 aliphatic rings. The van der Waals surface area contributed by atoms with Gasteiger partial charge in [0.1, 0.15) is 5.78 Å². The Kier molecular flexibility index (Phi) is 5.27. The van der Waals surface area contributed by atoms with Crippen LogP contribution in [0.1, 0.15) is 36.9 Å². The number of ketones is 1. The van der Waals surface area contributed by atoms with Gasteiger partial charge in [0.15, 0.2) is 0 Å². The minimum absolute atomic E-state index is 0.159. The largest absolute Gasteiger partial charge is 0.393 e. The van der Waals surface area contributed by atoms with E-state index in [4.69, 9.17) is 0 Å². The summed E-state index contributed by atoms with van der Waals surface area (Å²) in [5.74, 6) is 0.553. The van der Waals surface area contributed by atoms with Crippen LogP contribution >= 0.6 is 0 Å². The Hall–Kier alpha value is -2.70. The van der Waals surface area contributed by atoms with Crippen molar-refractivity contribution in [3.05, 3.63) is 54.2 Å². The van der Waals surface area contributed by atoms with Crippen LogP contribution in [0.3, 0.4) is 0 Å². The molecule has 154 valence electrons. The van der Waals surface area contributed by atoms with Gasteiger partial charge in [0.2, 0.25) is 0 Å². The number of aliphatic hydroxyl groups is 1. The first-order valence-electron chi connectivity index (χ1n) is 10.8. The van der Waals surface area contributed by atoms with Crippen LogP contribution < -0.4 is 0 Å². The van der Waals surface area contributed by atoms with Gasteiger partial charge in [-0.1, -0.05) is 0 Å². The number of pyridine rings is 3. The Labute approximate surface area is 176 Å². The van der Waals surface area contributed by atoms with Gasteiger partial charge in [-0.3, -0.25) is 24.6 Å². The number of aliphatic hydroxyl groups excluding tert-OH is 1. The summed E-state index contributed by atoms with van der Waals surface area (Å²) in [5.41, 5.74) is 4.85. The Morgan fingerprint density at radius 1 is 0.967 bits per heavy atom. The molecule has 5 rings (SSSR count). The van der Waals surface area contributed by atoms with Gasteiger partial charge in [0, 0.05) is 72.8 Å². The van der Waals surface area contributed by atoms with Crippen molar-refractivity contribution in [3.63, 3.8) is 0 Å². The standard InChI is InChI=1S/C24H26N4O2/c29-22-3-5-28(6-4-22)15-16-7-19(12-25-11-16)20-8-18-9-21(10-24(30)17-1-2-17)26-14-23(18)27-13-20/h7-9,11-14,17,22,29H,1-6,10,15H2. The van der Waals surface area contributed by atoms with Crippen LogP contribution in [0.15, 0.2) is 43.0 Å². The summed E-state index contributed by atoms with van der Waals surface area (Å²) < 4.78 is 0. The number of piperidine rings is 1. The van der Waals surface area contributed by atoms with E-state index in [9.17, 15) is 9.90 Å². The lowest BCUT2D eigenvalue weighted by Gasteiger charge is -2.29. The van der Waals surface area contributed by atoms with E-state index in [-0.39, 0.29) is 12.0 Å². The summed E-state index contributed by atoms with van der Waals surface area (Å²) >= 11 is 0. The van der Waals surface area contributed by atoms with Crippen molar-refractivity contribution in [3.8, 4) is 11.1 Å². The molecule has 3 aromatic heterocycles. The van der Waals surface area contributed by atoms with Crippen LogP contribution in [0.2, 0.25) is 0 Å². The number of carbonyl (C=O) groups excluding carboxylic acids is 1. The van der Waals surface area contributed by atoms with Crippen molar-refractivity contribution in [1.82, 2.24) is 19.9 Å². The predicted molar refractivity (Wildman–Crippen MR) is 115 cm³/mol. The summed E-state index contributed by atoms with van der Waals surface area (Å²) in [7, 11) is 0. The third-order valence-electron chi connectivity index (χ3n) is 6.10. The Morgan fingerprint density at radius 2 is 1.77 bits per heavy atom. The molecule has 0 radical (unpaired) electrons. The zero-order valence-electron chi connectivity index (χ0n) is 17.0. The summed E-state index contributed by atoms with van der Waals surface area (Å²) in [6.45, 7) is 2.67. The highest BCUT2D eigenvalue weighted by Crippen LogP contribution is 2.31. The molecule has 1 aliphatic carbocycles. The highest BCUT2D eigenvalue weighted by molar-refractivity contribution is 5.87. The number of carbonyl (C=O) groups is 1. The Morgan fingerprint density at radius 3 is 2.57 bits per heavy atom. The molecule has 0 unspecified atom stereocenters. The van der Waals surface area contributed by atoms with E-state index >= 15 is 0 Å². The Balaban J connectivity index is 1.36. The predicted octanol–water partition coefficient (Wildman–Crippen LogP) is 3.17. The van der Waals surface area contributed by atoms with E-state index in [1.807, 2.05) is 24.7 Å². The maximum atomic E-state index is 12.1. The number of fused-ring (bicyclic) bond motifs is 1. The molecule has 1 saturated heterocycles. The number of Topliss-reactive ketones (excluding diaryl/α,β-unsaturated/α-hetero) is 1. The second kappa shape index (κ2) is 8.20. The first-order chi connectivity index (χ1) is 14.6. The molecule has 0 amide bonds. The maximum absolute atomic E-state index is 12.1. The fraction of sp³-hybridized carbons (Fsp3) is 0.417. The van der Waals surface area contributed by atoms with Gasteiger partial charge in [-0.05, 0) is 49.4 Å². The van der Waals surface area contributed by atoms with Crippen molar-refractivity contribution < 1.29 is 9.90 Å². The fourth-order valence-electron chi connectivity index (χ4n) is 4.13. The number of rotatable bonds is 6. The zero-order chi connectivity index (χ0) is 20.5. The SMILES string of the molecule is O=C(Cc1cc2cc(-c3cncc(CN4CCC(O)CC4)c3)cnc2cn1)C1CC1. The van der Waals surface area contributed by atoms with E-state index in [1.54, 1.807) is 6.20 Å². The van der Waals surface area contributed by atoms with Gasteiger partial charge >= 0.3 is 0 Å². The van der Waals surface area contributed by atoms with Crippen LogP contribution in [-0.2, 0) is 17.8 Å². The zero-order valence-corrected chi connectivity index (χ0v) is 17.0. The van der Waals surface area contributed by atoms with E-state index in [2.05, 4.69) is 32.0 Å². The third kappa shape index (κ3) is 4.40. The van der Waals surface area contributed by atoms with Gasteiger partial charge in [-0.25, -0.2) is 0 Å². The van der Waals surface area contributed by atoms with Crippen molar-refractivity contribution >= 4 is 16.7 Å². The minimum Gasteiger partial charge on any atom is -0.393 e. The molecule has 6 nitrogen and oxygen atoms in total. The van der Waals surface area contributed by atoms with Crippen LogP contribution in [0.25, 0.3) is 22.0 Å². The molecule has 4 heterocycles. The van der Waals surface area contributed by atoms with Crippen LogP contribution in [-0.4, -0.2) is 49.9 Å². The average molecular weight is 402 g/mol. The van der Waals surface area contributed by atoms with E-state index in [1.165, 1.54) is 0 Å². The van der Waals surface area contributed by atoms with Crippen molar-refractivity contribution in [2.24, 2.45) is 5.92 Å². The lowest BCUT2D eigenvalue weighted by atomic mass is 10.0. The highest BCUT2D eigenvalue weighted by atomic mass is 16.3. The summed E-state index contributed by atoms with van der Waals surface area (Å²) in [6, 6.07) is 6.26. The maximum Gasteiger partial charge on any atom is 0.141 e. The van der Waals surface area contributed by atoms with Crippen molar-refractivity contribution in [2.45, 2.75) is 44.8 Å². The molecule has 3 aromatic rings. The summed E-state index contributed by atoms with van der Waals surface area (Å²) in [5, 5.41) is 10.7. The lowest BCUT2D eigenvalue weighted by Crippen LogP contribution is -2.35. The highest BCUT2D eigenvalue weighted by Gasteiger charge is 2.29. The van der Waals surface area contributed by atoms with Crippen LogP contribution in [0, 0.1) is 5.92 Å². The second-order valence-corrected chi connectivity index (χ2v) is 8.60. The van der Waals surface area contributed by atoms with Gasteiger partial charge in [-0.15, -0.1) is 0 Å². The summed E-state index contributed by atoms with van der Waals surface area (Å²) in [4.78, 5) is 27.9. The molecule has 2 fully saturated rings. The second-order valence-electron chi connectivity index (χ2n) is 8.60. The lowest BCUT2D eigenvalue weighted by molar-refractivity contribution is -0.119.